The molecular weight excluding hydrogens is 258 g/mol. The quantitative estimate of drug-likeness (QED) is 0.677. The van der Waals surface area contributed by atoms with E-state index in [9.17, 15) is 4.79 Å². The molecule has 0 fully saturated rings. The van der Waals surface area contributed by atoms with Gasteiger partial charge in [-0.05, 0) is 25.5 Å². The van der Waals surface area contributed by atoms with E-state index in [0.717, 1.165) is 5.56 Å². The highest BCUT2D eigenvalue weighted by atomic mass is 79.9. The van der Waals surface area contributed by atoms with E-state index in [-0.39, 0.29) is 10.6 Å². The van der Waals surface area contributed by atoms with Gasteiger partial charge in [0.25, 0.3) is 0 Å². The minimum absolute atomic E-state index is 0.0235. The summed E-state index contributed by atoms with van der Waals surface area (Å²) in [6, 6.07) is 5.44. The number of Topliss-reactive ketones (excluding diaryl/α,β-unsaturated/α-hetero) is 1. The van der Waals surface area contributed by atoms with Gasteiger partial charge in [0.15, 0.2) is 0 Å². The van der Waals surface area contributed by atoms with Gasteiger partial charge >= 0.3 is 0 Å². The number of benzene rings is 1. The Balaban J connectivity index is 3.08. The molecule has 0 radical (unpaired) electrons. The highest BCUT2D eigenvalue weighted by Gasteiger charge is 2.17. The lowest BCUT2D eigenvalue weighted by Gasteiger charge is -2.13. The van der Waals surface area contributed by atoms with Crippen LogP contribution in [0.5, 0.6) is 5.75 Å². The Morgan fingerprint density at radius 2 is 2.27 bits per heavy atom. The Bertz CT molecular complexity index is 366. The largest absolute Gasteiger partial charge is 0.492 e. The molecule has 0 aliphatic rings. The second-order valence-electron chi connectivity index (χ2n) is 3.17. The molecule has 0 saturated carbocycles. The Morgan fingerprint density at radius 1 is 1.60 bits per heavy atom. The maximum atomic E-state index is 11.2. The van der Waals surface area contributed by atoms with E-state index in [1.165, 1.54) is 6.92 Å². The van der Waals surface area contributed by atoms with E-state index >= 15 is 0 Å². The Kier molecular flexibility index (Phi) is 4.15. The van der Waals surface area contributed by atoms with E-state index in [0.29, 0.717) is 18.0 Å². The number of nitrogen functional groups attached to an aromatic ring is 1. The van der Waals surface area contributed by atoms with Gasteiger partial charge in [-0.3, -0.25) is 4.79 Å². The molecule has 1 aromatic rings. The SMILES string of the molecule is CCOc1cccc(C(Br)C(C)=O)c1N. The number of halogens is 1. The monoisotopic (exact) mass is 271 g/mol. The van der Waals surface area contributed by atoms with E-state index in [1.807, 2.05) is 19.1 Å². The zero-order valence-corrected chi connectivity index (χ0v) is 10.4. The average molecular weight is 272 g/mol. The molecule has 1 unspecified atom stereocenters. The Hall–Kier alpha value is -1.03. The first kappa shape index (κ1) is 12.0. The van der Waals surface area contributed by atoms with Crippen molar-refractivity contribution in [3.63, 3.8) is 0 Å². The zero-order chi connectivity index (χ0) is 11.4. The van der Waals surface area contributed by atoms with Crippen molar-refractivity contribution in [3.05, 3.63) is 23.8 Å². The normalized spacial score (nSPS) is 12.2. The molecule has 0 bridgehead atoms. The van der Waals surface area contributed by atoms with Gasteiger partial charge in [-0.2, -0.15) is 0 Å². The van der Waals surface area contributed by atoms with Crippen molar-refractivity contribution in [3.8, 4) is 5.75 Å². The van der Waals surface area contributed by atoms with Gasteiger partial charge in [-0.25, -0.2) is 0 Å². The molecule has 1 rings (SSSR count). The van der Waals surface area contributed by atoms with Gasteiger partial charge in [-0.15, -0.1) is 0 Å². The van der Waals surface area contributed by atoms with Gasteiger partial charge in [0, 0.05) is 0 Å². The first-order valence-corrected chi connectivity index (χ1v) is 5.65. The second kappa shape index (κ2) is 5.16. The summed E-state index contributed by atoms with van der Waals surface area (Å²) in [6.45, 7) is 3.97. The summed E-state index contributed by atoms with van der Waals surface area (Å²) < 4.78 is 5.35. The standard InChI is InChI=1S/C11H14BrNO2/c1-3-15-9-6-4-5-8(11(9)13)10(12)7(2)14/h4-6,10H,3,13H2,1-2H3. The fraction of sp³-hybridized carbons (Fsp3) is 0.364. The number of alkyl halides is 1. The molecule has 4 heteroatoms. The van der Waals surface area contributed by atoms with Crippen LogP contribution in [-0.4, -0.2) is 12.4 Å². The van der Waals surface area contributed by atoms with Crippen LogP contribution in [0.15, 0.2) is 18.2 Å². The topological polar surface area (TPSA) is 52.3 Å². The molecule has 0 aliphatic carbocycles. The fourth-order valence-corrected chi connectivity index (χ4v) is 1.68. The van der Waals surface area contributed by atoms with Crippen LogP contribution in [-0.2, 0) is 4.79 Å². The van der Waals surface area contributed by atoms with Crippen molar-refractivity contribution in [2.45, 2.75) is 18.7 Å². The predicted molar refractivity (Wildman–Crippen MR) is 64.4 cm³/mol. The first-order chi connectivity index (χ1) is 7.07. The van der Waals surface area contributed by atoms with Crippen molar-refractivity contribution in [1.29, 1.82) is 0 Å². The number of carbonyl (C=O) groups is 1. The molecule has 0 spiro atoms. The predicted octanol–water partition coefficient (Wildman–Crippen LogP) is 2.69. The summed E-state index contributed by atoms with van der Waals surface area (Å²) in [7, 11) is 0. The molecule has 1 atom stereocenters. The van der Waals surface area contributed by atoms with Crippen molar-refractivity contribution in [2.75, 3.05) is 12.3 Å². The lowest BCUT2D eigenvalue weighted by molar-refractivity contribution is -0.116. The summed E-state index contributed by atoms with van der Waals surface area (Å²) in [6.07, 6.45) is 0. The lowest BCUT2D eigenvalue weighted by atomic mass is 10.1. The maximum absolute atomic E-state index is 11.2. The molecule has 0 aromatic heterocycles. The number of ketones is 1. The van der Waals surface area contributed by atoms with Crippen LogP contribution in [0.4, 0.5) is 5.69 Å². The van der Waals surface area contributed by atoms with Gasteiger partial charge in [0.1, 0.15) is 11.5 Å². The first-order valence-electron chi connectivity index (χ1n) is 4.73. The van der Waals surface area contributed by atoms with Crippen LogP contribution in [0.25, 0.3) is 0 Å². The smallest absolute Gasteiger partial charge is 0.147 e. The van der Waals surface area contributed by atoms with Gasteiger partial charge in [0.2, 0.25) is 0 Å². The van der Waals surface area contributed by atoms with Crippen LogP contribution in [0.3, 0.4) is 0 Å². The number of hydrogen-bond donors (Lipinski definition) is 1. The van der Waals surface area contributed by atoms with Crippen LogP contribution < -0.4 is 10.5 Å². The molecule has 0 saturated heterocycles. The van der Waals surface area contributed by atoms with Gasteiger partial charge < -0.3 is 10.5 Å². The molecule has 0 amide bonds. The third-order valence-electron chi connectivity index (χ3n) is 2.03. The Labute approximate surface area is 97.7 Å². The lowest BCUT2D eigenvalue weighted by Crippen LogP contribution is -2.06. The Morgan fingerprint density at radius 3 is 2.80 bits per heavy atom. The molecule has 3 nitrogen and oxygen atoms in total. The maximum Gasteiger partial charge on any atom is 0.147 e. The molecule has 1 aromatic carbocycles. The number of carbonyl (C=O) groups excluding carboxylic acids is 1. The number of anilines is 1. The van der Waals surface area contributed by atoms with Crippen LogP contribution in [0.2, 0.25) is 0 Å². The van der Waals surface area contributed by atoms with Crippen LogP contribution in [0.1, 0.15) is 24.2 Å². The van der Waals surface area contributed by atoms with E-state index in [4.69, 9.17) is 10.5 Å². The summed E-state index contributed by atoms with van der Waals surface area (Å²) >= 11 is 3.30. The van der Waals surface area contributed by atoms with Gasteiger partial charge in [-0.1, -0.05) is 28.1 Å². The highest BCUT2D eigenvalue weighted by Crippen LogP contribution is 2.34. The molecule has 2 N–H and O–H groups in total. The number of nitrogens with two attached hydrogens (primary N) is 1. The minimum Gasteiger partial charge on any atom is -0.492 e. The molecule has 0 aliphatic heterocycles. The van der Waals surface area contributed by atoms with Crippen molar-refractivity contribution in [1.82, 2.24) is 0 Å². The minimum atomic E-state index is -0.363. The molecule has 82 valence electrons. The highest BCUT2D eigenvalue weighted by molar-refractivity contribution is 9.09. The van der Waals surface area contributed by atoms with Crippen LogP contribution >= 0.6 is 15.9 Å². The average Bonchev–Trinajstić information content (AvgIpc) is 2.20. The van der Waals surface area contributed by atoms with Crippen molar-refractivity contribution < 1.29 is 9.53 Å². The summed E-state index contributed by atoms with van der Waals surface area (Å²) in [4.78, 5) is 10.9. The third kappa shape index (κ3) is 2.72. The zero-order valence-electron chi connectivity index (χ0n) is 8.79. The van der Waals surface area contributed by atoms with E-state index < -0.39 is 0 Å². The fourth-order valence-electron chi connectivity index (χ4n) is 1.28. The summed E-state index contributed by atoms with van der Waals surface area (Å²) in [5.41, 5.74) is 7.18. The van der Waals surface area contributed by atoms with E-state index in [1.54, 1.807) is 6.07 Å². The summed E-state index contributed by atoms with van der Waals surface area (Å²) in [5, 5.41) is 0. The van der Waals surface area contributed by atoms with E-state index in [2.05, 4.69) is 15.9 Å². The second-order valence-corrected chi connectivity index (χ2v) is 4.08. The molecule has 0 heterocycles. The van der Waals surface area contributed by atoms with Crippen LogP contribution in [0, 0.1) is 0 Å². The number of para-hydroxylation sites is 1. The number of rotatable bonds is 4. The number of ether oxygens (including phenoxy) is 1. The molecular formula is C11H14BrNO2. The van der Waals surface area contributed by atoms with Crippen molar-refractivity contribution in [2.24, 2.45) is 0 Å². The van der Waals surface area contributed by atoms with Gasteiger partial charge in [0.05, 0.1) is 17.1 Å². The summed E-state index contributed by atoms with van der Waals surface area (Å²) in [5.74, 6) is 0.649. The molecule has 15 heavy (non-hydrogen) atoms. The third-order valence-corrected chi connectivity index (χ3v) is 3.17. The number of hydrogen-bond acceptors (Lipinski definition) is 3. The van der Waals surface area contributed by atoms with Crippen molar-refractivity contribution >= 4 is 27.4 Å².